The Morgan fingerprint density at radius 1 is 1.03 bits per heavy atom. The molecular formula is C25H25N3O3. The van der Waals surface area contributed by atoms with Crippen molar-refractivity contribution in [3.63, 3.8) is 0 Å². The molecule has 0 radical (unpaired) electrons. The summed E-state index contributed by atoms with van der Waals surface area (Å²) < 4.78 is 5.30. The number of hydrogen-bond donors (Lipinski definition) is 2. The van der Waals surface area contributed by atoms with E-state index in [9.17, 15) is 9.59 Å². The van der Waals surface area contributed by atoms with E-state index < -0.39 is 0 Å². The zero-order valence-electron chi connectivity index (χ0n) is 17.6. The van der Waals surface area contributed by atoms with E-state index in [4.69, 9.17) is 4.74 Å². The van der Waals surface area contributed by atoms with E-state index in [1.807, 2.05) is 60.4 Å². The number of amides is 2. The standard InChI is InChI=1S/C25H25N3O3/c1-17-10-11-23(31-2)21(14-17)27-24(29)16-26-20-8-5-7-19(15-20)25(30)28-13-12-18-6-3-4-9-22(18)28/h3-11,14-15,26H,12-13,16H2,1-2H3,(H,27,29). The largest absolute Gasteiger partial charge is 0.495 e. The molecule has 6 nitrogen and oxygen atoms in total. The van der Waals surface area contributed by atoms with Crippen LogP contribution in [0.2, 0.25) is 0 Å². The van der Waals surface area contributed by atoms with Gasteiger partial charge in [-0.05, 0) is 60.9 Å². The minimum atomic E-state index is -0.200. The third-order valence-corrected chi connectivity index (χ3v) is 5.32. The maximum atomic E-state index is 13.0. The average Bonchev–Trinajstić information content (AvgIpc) is 3.22. The number of para-hydroxylation sites is 1. The van der Waals surface area contributed by atoms with Crippen molar-refractivity contribution in [3.8, 4) is 5.75 Å². The number of anilines is 3. The summed E-state index contributed by atoms with van der Waals surface area (Å²) in [7, 11) is 1.57. The van der Waals surface area contributed by atoms with Crippen molar-refractivity contribution in [2.24, 2.45) is 0 Å². The summed E-state index contributed by atoms with van der Waals surface area (Å²) >= 11 is 0. The number of ether oxygens (including phenoxy) is 1. The summed E-state index contributed by atoms with van der Waals surface area (Å²) in [4.78, 5) is 27.3. The number of methoxy groups -OCH3 is 1. The minimum Gasteiger partial charge on any atom is -0.495 e. The molecule has 6 heteroatoms. The average molecular weight is 415 g/mol. The number of benzene rings is 3. The quantitative estimate of drug-likeness (QED) is 0.631. The monoisotopic (exact) mass is 415 g/mol. The number of rotatable bonds is 6. The molecule has 0 spiro atoms. The zero-order valence-corrected chi connectivity index (χ0v) is 17.6. The van der Waals surface area contributed by atoms with Crippen LogP contribution in [0.25, 0.3) is 0 Å². The molecule has 1 aliphatic rings. The van der Waals surface area contributed by atoms with Gasteiger partial charge >= 0.3 is 0 Å². The van der Waals surface area contributed by atoms with Crippen LogP contribution in [-0.4, -0.2) is 32.0 Å². The first-order valence-corrected chi connectivity index (χ1v) is 10.2. The smallest absolute Gasteiger partial charge is 0.258 e. The molecule has 0 atom stereocenters. The molecule has 2 N–H and O–H groups in total. The predicted molar refractivity (Wildman–Crippen MR) is 123 cm³/mol. The second-order valence-electron chi connectivity index (χ2n) is 7.52. The van der Waals surface area contributed by atoms with Crippen LogP contribution in [0.3, 0.4) is 0 Å². The number of nitrogens with zero attached hydrogens (tertiary/aromatic N) is 1. The van der Waals surface area contributed by atoms with Gasteiger partial charge in [0.05, 0.1) is 19.3 Å². The Kier molecular flexibility index (Phi) is 5.89. The molecule has 0 fully saturated rings. The van der Waals surface area contributed by atoms with Crippen LogP contribution in [0.4, 0.5) is 17.1 Å². The van der Waals surface area contributed by atoms with Gasteiger partial charge in [0.2, 0.25) is 5.91 Å². The van der Waals surface area contributed by atoms with Gasteiger partial charge in [-0.25, -0.2) is 0 Å². The Morgan fingerprint density at radius 3 is 2.71 bits per heavy atom. The summed E-state index contributed by atoms with van der Waals surface area (Å²) in [5.74, 6) is 0.370. The van der Waals surface area contributed by atoms with Crippen LogP contribution in [0, 0.1) is 6.92 Å². The van der Waals surface area contributed by atoms with Gasteiger partial charge in [-0.2, -0.15) is 0 Å². The van der Waals surface area contributed by atoms with Gasteiger partial charge in [0, 0.05) is 23.5 Å². The Labute approximate surface area is 181 Å². The Morgan fingerprint density at radius 2 is 1.87 bits per heavy atom. The first-order chi connectivity index (χ1) is 15.0. The molecule has 31 heavy (non-hydrogen) atoms. The van der Waals surface area contributed by atoms with Crippen LogP contribution in [0.15, 0.2) is 66.7 Å². The normalized spacial score (nSPS) is 12.3. The van der Waals surface area contributed by atoms with E-state index in [1.54, 1.807) is 19.2 Å². The van der Waals surface area contributed by atoms with Crippen molar-refractivity contribution in [1.82, 2.24) is 0 Å². The lowest BCUT2D eigenvalue weighted by atomic mass is 10.1. The molecule has 0 unspecified atom stereocenters. The molecule has 2 amide bonds. The molecule has 3 aromatic rings. The van der Waals surface area contributed by atoms with Crippen LogP contribution < -0.4 is 20.3 Å². The van der Waals surface area contributed by atoms with Crippen LogP contribution >= 0.6 is 0 Å². The highest BCUT2D eigenvalue weighted by molar-refractivity contribution is 6.07. The van der Waals surface area contributed by atoms with Crippen molar-refractivity contribution in [1.29, 1.82) is 0 Å². The molecule has 0 saturated carbocycles. The van der Waals surface area contributed by atoms with Crippen LogP contribution in [-0.2, 0) is 11.2 Å². The second kappa shape index (κ2) is 8.92. The minimum absolute atomic E-state index is 0.0393. The van der Waals surface area contributed by atoms with Crippen molar-refractivity contribution in [3.05, 3.63) is 83.4 Å². The molecule has 0 aliphatic carbocycles. The summed E-state index contributed by atoms with van der Waals surface area (Å²) in [6.45, 7) is 2.70. The third kappa shape index (κ3) is 4.53. The van der Waals surface area contributed by atoms with Gasteiger partial charge in [0.1, 0.15) is 5.75 Å². The first kappa shape index (κ1) is 20.5. The van der Waals surface area contributed by atoms with Gasteiger partial charge in [0.15, 0.2) is 0 Å². The molecule has 3 aromatic carbocycles. The lowest BCUT2D eigenvalue weighted by Crippen LogP contribution is -2.29. The van der Waals surface area contributed by atoms with Crippen LogP contribution in [0.5, 0.6) is 5.75 Å². The highest BCUT2D eigenvalue weighted by atomic mass is 16.5. The molecule has 4 rings (SSSR count). The first-order valence-electron chi connectivity index (χ1n) is 10.2. The molecular weight excluding hydrogens is 390 g/mol. The lowest BCUT2D eigenvalue weighted by Gasteiger charge is -2.18. The SMILES string of the molecule is COc1ccc(C)cc1NC(=O)CNc1cccc(C(=O)N2CCc3ccccc32)c1. The van der Waals surface area contributed by atoms with Gasteiger partial charge in [-0.15, -0.1) is 0 Å². The fourth-order valence-electron chi connectivity index (χ4n) is 3.76. The lowest BCUT2D eigenvalue weighted by molar-refractivity contribution is -0.114. The van der Waals surface area contributed by atoms with Crippen molar-refractivity contribution in [2.75, 3.05) is 35.7 Å². The van der Waals surface area contributed by atoms with Gasteiger partial charge in [-0.1, -0.05) is 30.3 Å². The maximum absolute atomic E-state index is 13.0. The molecule has 0 saturated heterocycles. The fraction of sp³-hybridized carbons (Fsp3) is 0.200. The predicted octanol–water partition coefficient (Wildman–Crippen LogP) is 4.26. The number of hydrogen-bond acceptors (Lipinski definition) is 4. The number of fused-ring (bicyclic) bond motifs is 1. The Bertz CT molecular complexity index is 1130. The number of nitrogens with one attached hydrogen (secondary N) is 2. The summed E-state index contributed by atoms with van der Waals surface area (Å²) in [5.41, 5.74) is 5.11. The topological polar surface area (TPSA) is 70.7 Å². The number of carbonyl (C=O) groups excluding carboxylic acids is 2. The molecule has 1 heterocycles. The van der Waals surface area contributed by atoms with Crippen molar-refractivity contribution in [2.45, 2.75) is 13.3 Å². The van der Waals surface area contributed by atoms with Gasteiger partial charge in [-0.3, -0.25) is 9.59 Å². The van der Waals surface area contributed by atoms with Gasteiger partial charge in [0.25, 0.3) is 5.91 Å². The van der Waals surface area contributed by atoms with Gasteiger partial charge < -0.3 is 20.3 Å². The number of carbonyl (C=O) groups is 2. The zero-order chi connectivity index (χ0) is 21.8. The third-order valence-electron chi connectivity index (χ3n) is 5.32. The fourth-order valence-corrected chi connectivity index (χ4v) is 3.76. The van der Waals surface area contributed by atoms with E-state index in [-0.39, 0.29) is 18.4 Å². The summed E-state index contributed by atoms with van der Waals surface area (Å²) in [5, 5.41) is 5.96. The van der Waals surface area contributed by atoms with E-state index in [1.165, 1.54) is 5.56 Å². The molecule has 0 aromatic heterocycles. The van der Waals surface area contributed by atoms with E-state index in [0.717, 1.165) is 17.7 Å². The number of aryl methyl sites for hydroxylation is 1. The van der Waals surface area contributed by atoms with E-state index in [2.05, 4.69) is 16.7 Å². The second-order valence-corrected chi connectivity index (χ2v) is 7.52. The maximum Gasteiger partial charge on any atom is 0.258 e. The van der Waals surface area contributed by atoms with Crippen LogP contribution in [0.1, 0.15) is 21.5 Å². The molecule has 158 valence electrons. The highest BCUT2D eigenvalue weighted by Crippen LogP contribution is 2.29. The van der Waals surface area contributed by atoms with E-state index >= 15 is 0 Å². The van der Waals surface area contributed by atoms with Crippen molar-refractivity contribution < 1.29 is 14.3 Å². The highest BCUT2D eigenvalue weighted by Gasteiger charge is 2.25. The van der Waals surface area contributed by atoms with Crippen molar-refractivity contribution >= 4 is 28.9 Å². The Hall–Kier alpha value is -3.80. The summed E-state index contributed by atoms with van der Waals surface area (Å²) in [6, 6.07) is 20.8. The molecule has 0 bridgehead atoms. The Balaban J connectivity index is 1.41. The summed E-state index contributed by atoms with van der Waals surface area (Å²) in [6.07, 6.45) is 0.864. The van der Waals surface area contributed by atoms with E-state index in [0.29, 0.717) is 29.2 Å². The molecule has 1 aliphatic heterocycles.